The predicted octanol–water partition coefficient (Wildman–Crippen LogP) is 1.63. The molecule has 0 aromatic carbocycles. The maximum atomic E-state index is 13.3. The number of hydrogen-bond donors (Lipinski definition) is 1. The van der Waals surface area contributed by atoms with Crippen molar-refractivity contribution in [3.63, 3.8) is 0 Å². The van der Waals surface area contributed by atoms with Crippen LogP contribution in [-0.4, -0.2) is 52.3 Å². The Labute approximate surface area is 156 Å². The van der Waals surface area contributed by atoms with E-state index in [9.17, 15) is 31.5 Å². The fraction of sp³-hybridized carbons (Fsp3) is 0.714. The van der Waals surface area contributed by atoms with Crippen LogP contribution in [-0.2, 0) is 10.0 Å². The number of aromatic nitrogens is 2. The summed E-state index contributed by atoms with van der Waals surface area (Å²) in [6.07, 6.45) is -3.37. The van der Waals surface area contributed by atoms with E-state index in [1.807, 2.05) is 0 Å². The first kappa shape index (κ1) is 19.6. The zero-order valence-corrected chi connectivity index (χ0v) is 16.1. The molecule has 0 spiro atoms. The minimum atomic E-state index is -4.84. The highest BCUT2D eigenvalue weighted by molar-refractivity contribution is 9.10. The second kappa shape index (κ2) is 6.20. The standard InChI is InChI=1S/C14H17BrF3N3O4S/c1-2-13(23,14(16,17)18)10-5-6-20(10)9-7-19-21(12(22)11(9)15)26(24,25)8-3-4-8/h7-8,10,23H,2-6H2,1H3/t10-,13-/m1/s1. The van der Waals surface area contributed by atoms with Gasteiger partial charge in [0.15, 0.2) is 5.60 Å². The minimum Gasteiger partial charge on any atom is -0.379 e. The molecule has 0 unspecified atom stereocenters. The molecule has 2 atom stereocenters. The van der Waals surface area contributed by atoms with Crippen LogP contribution < -0.4 is 10.5 Å². The first-order valence-electron chi connectivity index (χ1n) is 8.03. The van der Waals surface area contributed by atoms with Gasteiger partial charge in [0.1, 0.15) is 4.47 Å². The molecule has 12 heteroatoms. The molecule has 1 aromatic rings. The van der Waals surface area contributed by atoms with Gasteiger partial charge in [0.2, 0.25) is 0 Å². The lowest BCUT2D eigenvalue weighted by molar-refractivity contribution is -0.273. The van der Waals surface area contributed by atoms with E-state index in [1.54, 1.807) is 0 Å². The van der Waals surface area contributed by atoms with Crippen LogP contribution in [0.3, 0.4) is 0 Å². The highest BCUT2D eigenvalue weighted by Gasteiger charge is 2.61. The van der Waals surface area contributed by atoms with Gasteiger partial charge in [-0.05, 0) is 41.6 Å². The molecule has 0 amide bonds. The lowest BCUT2D eigenvalue weighted by Crippen LogP contribution is -2.67. The molecule has 0 bridgehead atoms. The average Bonchev–Trinajstić information content (AvgIpc) is 3.34. The number of nitrogens with zero attached hydrogens (tertiary/aromatic N) is 3. The van der Waals surface area contributed by atoms with Crippen molar-refractivity contribution < 1.29 is 26.7 Å². The van der Waals surface area contributed by atoms with Gasteiger partial charge in [-0.1, -0.05) is 6.92 Å². The second-order valence-electron chi connectivity index (χ2n) is 6.51. The maximum Gasteiger partial charge on any atom is 0.419 e. The van der Waals surface area contributed by atoms with Crippen LogP contribution in [0.1, 0.15) is 32.6 Å². The van der Waals surface area contributed by atoms with Gasteiger partial charge in [-0.25, -0.2) is 8.42 Å². The van der Waals surface area contributed by atoms with Crippen LogP contribution in [0.5, 0.6) is 0 Å². The lowest BCUT2D eigenvalue weighted by Gasteiger charge is -2.51. The zero-order chi connectivity index (χ0) is 19.5. The van der Waals surface area contributed by atoms with Crippen LogP contribution in [0.15, 0.2) is 15.5 Å². The van der Waals surface area contributed by atoms with Crippen molar-refractivity contribution in [1.29, 1.82) is 0 Å². The largest absolute Gasteiger partial charge is 0.419 e. The van der Waals surface area contributed by atoms with Crippen LogP contribution in [0.4, 0.5) is 18.9 Å². The summed E-state index contributed by atoms with van der Waals surface area (Å²) in [4.78, 5) is 13.6. The van der Waals surface area contributed by atoms with Crippen molar-refractivity contribution in [1.82, 2.24) is 9.19 Å². The highest BCUT2D eigenvalue weighted by atomic mass is 79.9. The van der Waals surface area contributed by atoms with Crippen LogP contribution in [0.2, 0.25) is 0 Å². The Kier molecular flexibility index (Phi) is 4.67. The molecule has 2 aliphatic rings. The van der Waals surface area contributed by atoms with Crippen LogP contribution >= 0.6 is 15.9 Å². The van der Waals surface area contributed by atoms with Gasteiger partial charge in [-0.3, -0.25) is 4.79 Å². The number of hydrogen-bond acceptors (Lipinski definition) is 6. The molecule has 3 rings (SSSR count). The maximum absolute atomic E-state index is 13.3. The van der Waals surface area contributed by atoms with Gasteiger partial charge >= 0.3 is 6.18 Å². The van der Waals surface area contributed by atoms with E-state index >= 15 is 0 Å². The summed E-state index contributed by atoms with van der Waals surface area (Å²) in [5.41, 5.74) is -3.85. The molecule has 1 aliphatic carbocycles. The SMILES string of the molecule is CC[C@@](O)([C@H]1CCN1c1cnn(S(=O)(=O)C2CC2)c(=O)c1Br)C(F)(F)F. The smallest absolute Gasteiger partial charge is 0.379 e. The second-order valence-corrected chi connectivity index (χ2v) is 9.35. The Balaban J connectivity index is 1.98. The molecule has 1 saturated heterocycles. The Hall–Kier alpha value is -1.14. The summed E-state index contributed by atoms with van der Waals surface area (Å²) < 4.78 is 64.5. The topological polar surface area (TPSA) is 92.5 Å². The number of rotatable bonds is 5. The number of aliphatic hydroxyl groups is 1. The van der Waals surface area contributed by atoms with Crippen molar-refractivity contribution in [2.45, 2.75) is 55.7 Å². The van der Waals surface area contributed by atoms with Gasteiger partial charge < -0.3 is 10.0 Å². The van der Waals surface area contributed by atoms with Gasteiger partial charge in [0.05, 0.1) is 23.2 Å². The van der Waals surface area contributed by atoms with Gasteiger partial charge in [0.25, 0.3) is 15.6 Å². The van der Waals surface area contributed by atoms with Crippen molar-refractivity contribution >= 4 is 31.6 Å². The monoisotopic (exact) mass is 459 g/mol. The lowest BCUT2D eigenvalue weighted by atomic mass is 9.82. The molecule has 1 aromatic heterocycles. The summed E-state index contributed by atoms with van der Waals surface area (Å²) in [7, 11) is -3.90. The molecule has 2 fully saturated rings. The number of alkyl halides is 3. The number of halogens is 4. The molecule has 7 nitrogen and oxygen atoms in total. The van der Waals surface area contributed by atoms with Crippen molar-refractivity contribution in [2.24, 2.45) is 0 Å². The van der Waals surface area contributed by atoms with E-state index in [-0.39, 0.29) is 23.1 Å². The molecule has 2 heterocycles. The zero-order valence-electron chi connectivity index (χ0n) is 13.7. The molecule has 0 radical (unpaired) electrons. The van der Waals surface area contributed by atoms with E-state index in [0.717, 1.165) is 6.20 Å². The summed E-state index contributed by atoms with van der Waals surface area (Å²) >= 11 is 2.99. The predicted molar refractivity (Wildman–Crippen MR) is 90.6 cm³/mol. The quantitative estimate of drug-likeness (QED) is 0.719. The molecule has 146 valence electrons. The third-order valence-corrected chi connectivity index (χ3v) is 7.77. The van der Waals surface area contributed by atoms with Crippen molar-refractivity contribution in [3.8, 4) is 0 Å². The van der Waals surface area contributed by atoms with Gasteiger partial charge in [-0.15, -0.1) is 4.09 Å². The highest BCUT2D eigenvalue weighted by Crippen LogP contribution is 2.44. The summed E-state index contributed by atoms with van der Waals surface area (Å²) in [5, 5.41) is 13.2. The number of anilines is 1. The van der Waals surface area contributed by atoms with Gasteiger partial charge in [0, 0.05) is 6.54 Å². The normalized spacial score (nSPS) is 23.5. The summed E-state index contributed by atoms with van der Waals surface area (Å²) in [6.45, 7) is 1.42. The fourth-order valence-corrected chi connectivity index (χ4v) is 5.23. The molecule has 1 N–H and O–H groups in total. The molecular formula is C14H17BrF3N3O4S. The minimum absolute atomic E-state index is 0.0321. The van der Waals surface area contributed by atoms with E-state index in [2.05, 4.69) is 21.0 Å². The molecular weight excluding hydrogens is 443 g/mol. The Morgan fingerprint density at radius 3 is 2.38 bits per heavy atom. The third kappa shape index (κ3) is 2.85. The molecule has 26 heavy (non-hydrogen) atoms. The van der Waals surface area contributed by atoms with E-state index < -0.39 is 45.1 Å². The van der Waals surface area contributed by atoms with Crippen LogP contribution in [0, 0.1) is 0 Å². The average molecular weight is 460 g/mol. The van der Waals surface area contributed by atoms with Crippen molar-refractivity contribution in [2.75, 3.05) is 11.4 Å². The van der Waals surface area contributed by atoms with E-state index in [0.29, 0.717) is 16.9 Å². The fourth-order valence-electron chi connectivity index (χ4n) is 3.10. The first-order chi connectivity index (χ1) is 11.9. The first-order valence-corrected chi connectivity index (χ1v) is 10.3. The molecule has 1 saturated carbocycles. The van der Waals surface area contributed by atoms with Gasteiger partial charge in [-0.2, -0.15) is 18.3 Å². The Bertz CT molecular complexity index is 884. The van der Waals surface area contributed by atoms with Crippen molar-refractivity contribution in [3.05, 3.63) is 21.0 Å². The summed E-state index contributed by atoms with van der Waals surface area (Å²) in [5.74, 6) is 0. The van der Waals surface area contributed by atoms with E-state index in [4.69, 9.17) is 0 Å². The Morgan fingerprint density at radius 2 is 1.96 bits per heavy atom. The molecule has 1 aliphatic heterocycles. The van der Waals surface area contributed by atoms with Crippen LogP contribution in [0.25, 0.3) is 0 Å². The third-order valence-electron chi connectivity index (χ3n) is 4.97. The van der Waals surface area contributed by atoms with E-state index in [1.165, 1.54) is 11.8 Å². The Morgan fingerprint density at radius 1 is 1.35 bits per heavy atom. The summed E-state index contributed by atoms with van der Waals surface area (Å²) in [6, 6.07) is -1.28.